The molecule has 2 N–H and O–H groups in total. The van der Waals surface area contributed by atoms with E-state index in [9.17, 15) is 0 Å². The molecule has 0 aromatic heterocycles. The largest absolute Gasteiger partial charge is 0.507 e. The van der Waals surface area contributed by atoms with Crippen molar-refractivity contribution in [2.45, 2.75) is 6.56 Å². The van der Waals surface area contributed by atoms with Gasteiger partial charge < -0.3 is 10.2 Å². The Bertz CT molecular complexity index is 296. The van der Waals surface area contributed by atoms with E-state index in [0.29, 0.717) is 4.47 Å². The SMILES string of the molecule is [2H]C([2H])(O)c1ccc(O)c(Br)c1. The van der Waals surface area contributed by atoms with Gasteiger partial charge in [-0.1, -0.05) is 6.07 Å². The maximum atomic E-state index is 9.06. The van der Waals surface area contributed by atoms with Gasteiger partial charge in [0.2, 0.25) is 0 Å². The number of aromatic hydroxyl groups is 1. The number of rotatable bonds is 1. The Morgan fingerprint density at radius 2 is 2.30 bits per heavy atom. The average Bonchev–Trinajstić information content (AvgIpc) is 1.92. The first-order valence-corrected chi connectivity index (χ1v) is 3.42. The summed E-state index contributed by atoms with van der Waals surface area (Å²) >= 11 is 3.01. The van der Waals surface area contributed by atoms with Gasteiger partial charge in [-0.25, -0.2) is 0 Å². The summed E-state index contributed by atoms with van der Waals surface area (Å²) in [7, 11) is 0. The zero-order valence-electron chi connectivity index (χ0n) is 7.00. The molecule has 0 bridgehead atoms. The lowest BCUT2D eigenvalue weighted by Crippen LogP contribution is -1.81. The summed E-state index contributed by atoms with van der Waals surface area (Å²) in [5.74, 6) is 0.0167. The van der Waals surface area contributed by atoms with Gasteiger partial charge in [-0.05, 0) is 33.6 Å². The molecule has 0 atom stereocenters. The highest BCUT2D eigenvalue weighted by molar-refractivity contribution is 9.10. The van der Waals surface area contributed by atoms with Crippen LogP contribution in [0.1, 0.15) is 8.30 Å². The second-order valence-corrected chi connectivity index (χ2v) is 2.63. The van der Waals surface area contributed by atoms with Crippen LogP contribution in [-0.2, 0) is 6.56 Å². The number of hydrogen-bond acceptors (Lipinski definition) is 2. The van der Waals surface area contributed by atoms with Gasteiger partial charge >= 0.3 is 0 Å². The predicted molar refractivity (Wildman–Crippen MR) is 41.7 cm³/mol. The molecule has 54 valence electrons. The topological polar surface area (TPSA) is 40.5 Å². The minimum atomic E-state index is -2.36. The second-order valence-electron chi connectivity index (χ2n) is 1.78. The van der Waals surface area contributed by atoms with Crippen molar-refractivity contribution in [2.24, 2.45) is 0 Å². The zero-order valence-corrected chi connectivity index (χ0v) is 6.59. The molecular weight excluding hydrogens is 196 g/mol. The summed E-state index contributed by atoms with van der Waals surface area (Å²) in [6, 6.07) is 3.96. The minimum absolute atomic E-state index is 0.0167. The van der Waals surface area contributed by atoms with Crippen LogP contribution in [0.25, 0.3) is 0 Å². The van der Waals surface area contributed by atoms with Gasteiger partial charge in [-0.3, -0.25) is 0 Å². The molecule has 0 aliphatic carbocycles. The van der Waals surface area contributed by atoms with Gasteiger partial charge in [0.1, 0.15) is 5.75 Å². The van der Waals surface area contributed by atoms with Crippen molar-refractivity contribution in [3.63, 3.8) is 0 Å². The molecule has 0 fully saturated rings. The molecule has 0 amide bonds. The summed E-state index contributed by atoms with van der Waals surface area (Å²) in [4.78, 5) is 0. The van der Waals surface area contributed by atoms with Crippen LogP contribution in [0.4, 0.5) is 0 Å². The van der Waals surface area contributed by atoms with E-state index in [1.165, 1.54) is 18.2 Å². The monoisotopic (exact) mass is 204 g/mol. The summed E-state index contributed by atoms with van der Waals surface area (Å²) < 4.78 is 14.3. The van der Waals surface area contributed by atoms with Crippen LogP contribution in [-0.4, -0.2) is 10.2 Å². The Labute approximate surface area is 70.1 Å². The van der Waals surface area contributed by atoms with Gasteiger partial charge in [-0.2, -0.15) is 0 Å². The van der Waals surface area contributed by atoms with Crippen LogP contribution in [0.3, 0.4) is 0 Å². The number of hydrogen-bond donors (Lipinski definition) is 2. The Morgan fingerprint density at radius 1 is 1.60 bits per heavy atom. The van der Waals surface area contributed by atoms with Crippen molar-refractivity contribution in [3.8, 4) is 5.75 Å². The van der Waals surface area contributed by atoms with E-state index in [1.54, 1.807) is 0 Å². The van der Waals surface area contributed by atoms with E-state index >= 15 is 0 Å². The van der Waals surface area contributed by atoms with Crippen LogP contribution >= 0.6 is 15.9 Å². The van der Waals surface area contributed by atoms with E-state index < -0.39 is 6.56 Å². The van der Waals surface area contributed by atoms with E-state index in [1.807, 2.05) is 0 Å². The molecule has 10 heavy (non-hydrogen) atoms. The molecule has 1 aromatic rings. The molecular formula is C7H7BrO2. The number of benzene rings is 1. The van der Waals surface area contributed by atoms with Crippen LogP contribution in [0, 0.1) is 0 Å². The summed E-state index contributed by atoms with van der Waals surface area (Å²) in [5.41, 5.74) is 0.104. The van der Waals surface area contributed by atoms with Crippen LogP contribution in [0.15, 0.2) is 22.7 Å². The predicted octanol–water partition coefficient (Wildman–Crippen LogP) is 1.65. The van der Waals surface area contributed by atoms with Crippen molar-refractivity contribution < 1.29 is 13.0 Å². The fraction of sp³-hybridized carbons (Fsp3) is 0.143. The molecule has 0 saturated heterocycles. The van der Waals surface area contributed by atoms with Crippen molar-refractivity contribution in [1.29, 1.82) is 0 Å². The molecule has 0 spiro atoms. The van der Waals surface area contributed by atoms with Gasteiger partial charge in [0.05, 0.1) is 13.8 Å². The van der Waals surface area contributed by atoms with Gasteiger partial charge in [-0.15, -0.1) is 0 Å². The lowest BCUT2D eigenvalue weighted by molar-refractivity contribution is 0.281. The zero-order chi connectivity index (χ0) is 9.35. The second kappa shape index (κ2) is 3.03. The summed E-state index contributed by atoms with van der Waals surface area (Å²) in [6.45, 7) is -2.36. The van der Waals surface area contributed by atoms with Crippen molar-refractivity contribution in [3.05, 3.63) is 28.2 Å². The molecule has 0 radical (unpaired) electrons. The van der Waals surface area contributed by atoms with E-state index in [0.717, 1.165) is 0 Å². The highest BCUT2D eigenvalue weighted by Gasteiger charge is 1.96. The maximum Gasteiger partial charge on any atom is 0.129 e. The van der Waals surface area contributed by atoms with E-state index in [4.69, 9.17) is 13.0 Å². The van der Waals surface area contributed by atoms with Crippen molar-refractivity contribution in [2.75, 3.05) is 0 Å². The first kappa shape index (κ1) is 5.16. The minimum Gasteiger partial charge on any atom is -0.507 e. The molecule has 1 aromatic carbocycles. The first-order chi connectivity index (χ1) is 5.41. The highest BCUT2D eigenvalue weighted by atomic mass is 79.9. The van der Waals surface area contributed by atoms with Gasteiger partial charge in [0.25, 0.3) is 0 Å². The molecule has 3 heteroatoms. The van der Waals surface area contributed by atoms with Crippen LogP contribution in [0.5, 0.6) is 5.75 Å². The molecule has 0 heterocycles. The molecule has 0 aliphatic heterocycles. The maximum absolute atomic E-state index is 9.06. The number of aliphatic hydroxyl groups is 1. The average molecular weight is 205 g/mol. The Balaban J connectivity index is 3.14. The highest BCUT2D eigenvalue weighted by Crippen LogP contribution is 2.23. The Kier molecular flexibility index (Phi) is 1.56. The fourth-order valence-electron chi connectivity index (χ4n) is 0.576. The lowest BCUT2D eigenvalue weighted by atomic mass is 10.2. The fourth-order valence-corrected chi connectivity index (χ4v) is 0.955. The van der Waals surface area contributed by atoms with E-state index in [-0.39, 0.29) is 11.3 Å². The molecule has 0 aliphatic rings. The number of phenolic OH excluding ortho intramolecular Hbond substituents is 1. The van der Waals surface area contributed by atoms with Crippen molar-refractivity contribution in [1.82, 2.24) is 0 Å². The smallest absolute Gasteiger partial charge is 0.129 e. The van der Waals surface area contributed by atoms with Crippen LogP contribution in [0.2, 0.25) is 0 Å². The summed E-state index contributed by atoms with van der Waals surface area (Å²) in [5, 5.41) is 18.0. The Hall–Kier alpha value is -0.540. The standard InChI is InChI=1S/C7H7BrO2/c8-6-3-5(4-9)1-2-7(6)10/h1-3,9-10H,4H2/i4D2. The quantitative estimate of drug-likeness (QED) is 0.731. The van der Waals surface area contributed by atoms with E-state index in [2.05, 4.69) is 15.9 Å². The first-order valence-electron chi connectivity index (χ1n) is 3.62. The normalized spacial score (nSPS) is 14.2. The van der Waals surface area contributed by atoms with Crippen molar-refractivity contribution >= 4 is 15.9 Å². The third kappa shape index (κ3) is 1.49. The van der Waals surface area contributed by atoms with Gasteiger partial charge in [0, 0.05) is 0 Å². The summed E-state index contributed by atoms with van der Waals surface area (Å²) in [6.07, 6.45) is 0. The third-order valence-corrected chi connectivity index (χ3v) is 1.71. The molecule has 0 unspecified atom stereocenters. The van der Waals surface area contributed by atoms with Crippen LogP contribution < -0.4 is 0 Å². The molecule has 2 nitrogen and oxygen atoms in total. The van der Waals surface area contributed by atoms with Gasteiger partial charge in [0.15, 0.2) is 0 Å². The number of phenols is 1. The number of halogens is 1. The third-order valence-electron chi connectivity index (χ3n) is 1.08. The molecule has 1 rings (SSSR count). The lowest BCUT2D eigenvalue weighted by Gasteiger charge is -1.98. The molecule has 0 saturated carbocycles. The Morgan fingerprint density at radius 3 is 2.80 bits per heavy atom.